The molecular weight excluding hydrogens is 442 g/mol. The van der Waals surface area contributed by atoms with E-state index in [1.165, 1.54) is 27.0 Å². The standard InChI is InChI=1S/C23H29N5O4S/c1-17(20-9-5-7-18-6-3-4-8-21(18)20)27-12-10-19(11-13-27)28(33(2,30)31)15-22(29)24-14-23-26-25-16-32-23/h3-9,16-17,19H,10-15H2,1-2H3,(H,24,29). The molecule has 1 aromatic heterocycles. The van der Waals surface area contributed by atoms with E-state index in [2.05, 4.69) is 63.7 Å². The monoisotopic (exact) mass is 471 g/mol. The third kappa shape index (κ3) is 5.58. The summed E-state index contributed by atoms with van der Waals surface area (Å²) in [5.74, 6) is -0.129. The Kier molecular flexibility index (Phi) is 7.06. The zero-order chi connectivity index (χ0) is 23.4. The molecule has 1 unspecified atom stereocenters. The molecule has 1 aliphatic heterocycles. The number of nitrogens with one attached hydrogen (secondary N) is 1. The van der Waals surface area contributed by atoms with Gasteiger partial charge in [0.25, 0.3) is 0 Å². The van der Waals surface area contributed by atoms with Gasteiger partial charge in [0.2, 0.25) is 28.2 Å². The van der Waals surface area contributed by atoms with Crippen LogP contribution in [0.15, 0.2) is 53.3 Å². The van der Waals surface area contributed by atoms with Crippen LogP contribution in [-0.4, -0.2) is 65.7 Å². The number of fused-ring (bicyclic) bond motifs is 1. The lowest BCUT2D eigenvalue weighted by atomic mass is 9.96. The lowest BCUT2D eigenvalue weighted by molar-refractivity contribution is -0.122. The van der Waals surface area contributed by atoms with E-state index in [4.69, 9.17) is 4.42 Å². The first-order chi connectivity index (χ1) is 15.8. The van der Waals surface area contributed by atoms with Crippen molar-refractivity contribution in [3.05, 3.63) is 60.3 Å². The zero-order valence-electron chi connectivity index (χ0n) is 18.8. The quantitative estimate of drug-likeness (QED) is 0.537. The molecule has 0 bridgehead atoms. The van der Waals surface area contributed by atoms with Crippen molar-refractivity contribution in [3.8, 4) is 0 Å². The summed E-state index contributed by atoms with van der Waals surface area (Å²) in [6, 6.07) is 14.7. The SMILES string of the molecule is CC(c1cccc2ccccc12)N1CCC(N(CC(=O)NCc2nnco2)S(C)(=O)=O)CC1. The van der Waals surface area contributed by atoms with Gasteiger partial charge in [-0.1, -0.05) is 42.5 Å². The number of carbonyl (C=O) groups is 1. The number of rotatable bonds is 8. The summed E-state index contributed by atoms with van der Waals surface area (Å²) in [4.78, 5) is 14.8. The van der Waals surface area contributed by atoms with Gasteiger partial charge in [0, 0.05) is 25.2 Å². The average molecular weight is 472 g/mol. The van der Waals surface area contributed by atoms with Crippen LogP contribution < -0.4 is 5.32 Å². The molecule has 0 saturated carbocycles. The molecule has 1 fully saturated rings. The van der Waals surface area contributed by atoms with Crippen molar-refractivity contribution < 1.29 is 17.6 Å². The Morgan fingerprint density at radius 3 is 2.64 bits per heavy atom. The van der Waals surface area contributed by atoms with Gasteiger partial charge in [-0.05, 0) is 36.1 Å². The number of amides is 1. The fourth-order valence-corrected chi connectivity index (χ4v) is 5.64. The summed E-state index contributed by atoms with van der Waals surface area (Å²) in [7, 11) is -3.55. The van der Waals surface area contributed by atoms with Crippen LogP contribution >= 0.6 is 0 Å². The Bertz CT molecular complexity index is 1190. The van der Waals surface area contributed by atoms with Crippen LogP contribution in [0.4, 0.5) is 0 Å². The number of benzene rings is 2. The van der Waals surface area contributed by atoms with E-state index in [1.807, 2.05) is 6.07 Å². The number of hydrogen-bond donors (Lipinski definition) is 1. The van der Waals surface area contributed by atoms with E-state index in [-0.39, 0.29) is 31.1 Å². The minimum Gasteiger partial charge on any atom is -0.426 e. The molecule has 2 heterocycles. The van der Waals surface area contributed by atoms with E-state index < -0.39 is 15.9 Å². The second kappa shape index (κ2) is 9.98. The molecule has 0 radical (unpaired) electrons. The lowest BCUT2D eigenvalue weighted by Gasteiger charge is -2.39. The molecule has 1 saturated heterocycles. The van der Waals surface area contributed by atoms with Gasteiger partial charge >= 0.3 is 0 Å². The predicted octanol–water partition coefficient (Wildman–Crippen LogP) is 2.33. The minimum absolute atomic E-state index is 0.0669. The second-order valence-electron chi connectivity index (χ2n) is 8.43. The fourth-order valence-electron chi connectivity index (χ4n) is 4.53. The van der Waals surface area contributed by atoms with E-state index in [0.29, 0.717) is 12.8 Å². The number of likely N-dealkylation sites (tertiary alicyclic amines) is 1. The maximum absolute atomic E-state index is 12.5. The highest BCUT2D eigenvalue weighted by atomic mass is 32.2. The van der Waals surface area contributed by atoms with E-state index in [1.54, 1.807) is 0 Å². The highest BCUT2D eigenvalue weighted by Crippen LogP contribution is 2.31. The number of sulfonamides is 1. The first-order valence-corrected chi connectivity index (χ1v) is 12.9. The van der Waals surface area contributed by atoms with Gasteiger partial charge in [-0.15, -0.1) is 10.2 Å². The minimum atomic E-state index is -3.55. The number of nitrogens with zero attached hydrogens (tertiary/aromatic N) is 4. The highest BCUT2D eigenvalue weighted by molar-refractivity contribution is 7.88. The van der Waals surface area contributed by atoms with Crippen molar-refractivity contribution in [1.82, 2.24) is 24.7 Å². The van der Waals surface area contributed by atoms with Gasteiger partial charge in [0.15, 0.2) is 0 Å². The Hall–Kier alpha value is -2.82. The number of piperidine rings is 1. The van der Waals surface area contributed by atoms with Crippen LogP contribution in [-0.2, 0) is 21.4 Å². The third-order valence-corrected chi connectivity index (χ3v) is 7.57. The predicted molar refractivity (Wildman–Crippen MR) is 125 cm³/mol. The molecule has 3 aromatic rings. The Balaban J connectivity index is 1.39. The van der Waals surface area contributed by atoms with Crippen molar-refractivity contribution in [2.75, 3.05) is 25.9 Å². The molecule has 2 aromatic carbocycles. The van der Waals surface area contributed by atoms with Crippen molar-refractivity contribution in [3.63, 3.8) is 0 Å². The summed E-state index contributed by atoms with van der Waals surface area (Å²) in [5.41, 5.74) is 1.27. The van der Waals surface area contributed by atoms with Crippen molar-refractivity contribution in [2.45, 2.75) is 38.4 Å². The molecule has 9 nitrogen and oxygen atoms in total. The van der Waals surface area contributed by atoms with Crippen molar-refractivity contribution >= 4 is 26.7 Å². The van der Waals surface area contributed by atoms with Crippen LogP contribution in [0, 0.1) is 0 Å². The van der Waals surface area contributed by atoms with Crippen molar-refractivity contribution in [2.24, 2.45) is 0 Å². The van der Waals surface area contributed by atoms with E-state index in [9.17, 15) is 13.2 Å². The molecule has 4 rings (SSSR count). The van der Waals surface area contributed by atoms with Crippen LogP contribution in [0.1, 0.15) is 37.3 Å². The number of hydrogen-bond acceptors (Lipinski definition) is 7. The van der Waals surface area contributed by atoms with Gasteiger partial charge in [0.1, 0.15) is 0 Å². The van der Waals surface area contributed by atoms with Gasteiger partial charge in [0.05, 0.1) is 19.3 Å². The van der Waals surface area contributed by atoms with Gasteiger partial charge in [-0.25, -0.2) is 8.42 Å². The molecule has 33 heavy (non-hydrogen) atoms. The molecule has 0 aliphatic carbocycles. The molecular formula is C23H29N5O4S. The molecule has 1 atom stereocenters. The largest absolute Gasteiger partial charge is 0.426 e. The van der Waals surface area contributed by atoms with E-state index >= 15 is 0 Å². The first-order valence-electron chi connectivity index (χ1n) is 11.0. The van der Waals surface area contributed by atoms with Crippen LogP contribution in [0.2, 0.25) is 0 Å². The molecule has 1 N–H and O–H groups in total. The van der Waals surface area contributed by atoms with Crippen LogP contribution in [0.5, 0.6) is 0 Å². The number of aromatic nitrogens is 2. The van der Waals surface area contributed by atoms with Gasteiger partial charge in [-0.3, -0.25) is 9.69 Å². The molecule has 1 amide bonds. The topological polar surface area (TPSA) is 109 Å². The van der Waals surface area contributed by atoms with Crippen LogP contribution in [0.25, 0.3) is 10.8 Å². The summed E-state index contributed by atoms with van der Waals surface area (Å²) < 4.78 is 31.3. The Morgan fingerprint density at radius 1 is 1.21 bits per heavy atom. The Labute approximate surface area is 193 Å². The summed E-state index contributed by atoms with van der Waals surface area (Å²) in [6.07, 6.45) is 3.67. The molecule has 0 spiro atoms. The Morgan fingerprint density at radius 2 is 1.94 bits per heavy atom. The van der Waals surface area contributed by atoms with Crippen LogP contribution in [0.3, 0.4) is 0 Å². The van der Waals surface area contributed by atoms with Gasteiger partial charge in [-0.2, -0.15) is 4.31 Å². The van der Waals surface area contributed by atoms with Crippen molar-refractivity contribution in [1.29, 1.82) is 0 Å². The maximum Gasteiger partial charge on any atom is 0.235 e. The average Bonchev–Trinajstić information content (AvgIpc) is 3.34. The third-order valence-electron chi connectivity index (χ3n) is 6.29. The first kappa shape index (κ1) is 23.3. The lowest BCUT2D eigenvalue weighted by Crippen LogP contribution is -2.50. The smallest absolute Gasteiger partial charge is 0.235 e. The second-order valence-corrected chi connectivity index (χ2v) is 10.4. The zero-order valence-corrected chi connectivity index (χ0v) is 19.7. The van der Waals surface area contributed by atoms with Gasteiger partial charge < -0.3 is 9.73 Å². The molecule has 176 valence electrons. The maximum atomic E-state index is 12.5. The molecule has 1 aliphatic rings. The molecule has 10 heteroatoms. The number of carbonyl (C=O) groups excluding carboxylic acids is 1. The highest BCUT2D eigenvalue weighted by Gasteiger charge is 2.33. The summed E-state index contributed by atoms with van der Waals surface area (Å²) >= 11 is 0. The normalized spacial score (nSPS) is 16.8. The fraction of sp³-hybridized carbons (Fsp3) is 0.435. The summed E-state index contributed by atoms with van der Waals surface area (Å²) in [5, 5.41) is 12.4. The van der Waals surface area contributed by atoms with E-state index in [0.717, 1.165) is 19.3 Å². The summed E-state index contributed by atoms with van der Waals surface area (Å²) in [6.45, 7) is 3.55.